The molecule has 132 valence electrons. The van der Waals surface area contributed by atoms with Crippen molar-refractivity contribution in [2.24, 2.45) is 0 Å². The number of fused-ring (bicyclic) bond motifs is 1. The number of hydrogen-bond donors (Lipinski definition) is 1. The molecule has 1 N–H and O–H groups in total. The van der Waals surface area contributed by atoms with Crippen LogP contribution in [0.3, 0.4) is 0 Å². The predicted octanol–water partition coefficient (Wildman–Crippen LogP) is 3.26. The molecule has 2 aliphatic rings. The Labute approximate surface area is 147 Å². The summed E-state index contributed by atoms with van der Waals surface area (Å²) in [4.78, 5) is 0. The molecule has 2 heterocycles. The van der Waals surface area contributed by atoms with Crippen LogP contribution in [0.15, 0.2) is 42.5 Å². The van der Waals surface area contributed by atoms with E-state index in [-0.39, 0.29) is 0 Å². The van der Waals surface area contributed by atoms with Crippen LogP contribution >= 0.6 is 0 Å². The molecule has 25 heavy (non-hydrogen) atoms. The fraction of sp³-hybridized carbons (Fsp3) is 0.400. The van der Waals surface area contributed by atoms with Crippen LogP contribution in [0.4, 0.5) is 0 Å². The first kappa shape index (κ1) is 16.2. The van der Waals surface area contributed by atoms with Gasteiger partial charge in [-0.1, -0.05) is 18.2 Å². The first-order chi connectivity index (χ1) is 12.4. The molecule has 0 aromatic heterocycles. The third-order valence-corrected chi connectivity index (χ3v) is 4.49. The number of benzene rings is 2. The molecule has 0 aliphatic carbocycles. The molecule has 5 heteroatoms. The van der Waals surface area contributed by atoms with Gasteiger partial charge in [0, 0.05) is 19.7 Å². The molecule has 2 aromatic carbocycles. The van der Waals surface area contributed by atoms with Gasteiger partial charge in [0.05, 0.1) is 6.10 Å². The lowest BCUT2D eigenvalue weighted by Gasteiger charge is -2.11. The van der Waals surface area contributed by atoms with Gasteiger partial charge in [0.1, 0.15) is 12.4 Å². The van der Waals surface area contributed by atoms with Gasteiger partial charge in [0.25, 0.3) is 0 Å². The fourth-order valence-electron chi connectivity index (χ4n) is 3.08. The highest BCUT2D eigenvalue weighted by Crippen LogP contribution is 2.32. The van der Waals surface area contributed by atoms with Crippen LogP contribution in [0.5, 0.6) is 17.2 Å². The van der Waals surface area contributed by atoms with Crippen molar-refractivity contribution in [1.82, 2.24) is 5.32 Å². The Morgan fingerprint density at radius 1 is 1.00 bits per heavy atom. The maximum atomic E-state index is 5.86. The molecule has 2 aromatic rings. The molecular formula is C20H23NO4. The quantitative estimate of drug-likeness (QED) is 0.838. The molecule has 0 spiro atoms. The number of ether oxygens (including phenoxy) is 4. The van der Waals surface area contributed by atoms with Gasteiger partial charge >= 0.3 is 0 Å². The Hall–Kier alpha value is -2.24. The highest BCUT2D eigenvalue weighted by atomic mass is 16.7. The van der Waals surface area contributed by atoms with Gasteiger partial charge in [-0.05, 0) is 48.2 Å². The fourth-order valence-corrected chi connectivity index (χ4v) is 3.08. The second-order valence-electron chi connectivity index (χ2n) is 6.39. The molecule has 0 unspecified atom stereocenters. The maximum Gasteiger partial charge on any atom is 0.231 e. The van der Waals surface area contributed by atoms with Crippen LogP contribution in [0.25, 0.3) is 0 Å². The lowest BCUT2D eigenvalue weighted by molar-refractivity contribution is 0.110. The zero-order chi connectivity index (χ0) is 16.9. The Balaban J connectivity index is 1.24. The minimum Gasteiger partial charge on any atom is -0.489 e. The topological polar surface area (TPSA) is 49.0 Å². The van der Waals surface area contributed by atoms with Crippen LogP contribution in [0.2, 0.25) is 0 Å². The van der Waals surface area contributed by atoms with E-state index in [0.29, 0.717) is 19.5 Å². The van der Waals surface area contributed by atoms with E-state index in [1.165, 1.54) is 18.4 Å². The van der Waals surface area contributed by atoms with Crippen molar-refractivity contribution in [3.8, 4) is 17.2 Å². The smallest absolute Gasteiger partial charge is 0.231 e. The standard InChI is InChI=1S/C20H23NO4/c1-2-18(22-9-1)12-21-11-15-3-6-17(7-4-15)23-13-16-5-8-19-20(10-16)25-14-24-19/h3-8,10,18,21H,1-2,9,11-14H2/t18-/m1/s1. The average Bonchev–Trinajstić information content (AvgIpc) is 3.32. The first-order valence-electron chi connectivity index (χ1n) is 8.79. The number of rotatable bonds is 7. The van der Waals surface area contributed by atoms with Crippen molar-refractivity contribution in [3.05, 3.63) is 53.6 Å². The van der Waals surface area contributed by atoms with Gasteiger partial charge in [-0.2, -0.15) is 0 Å². The molecule has 0 bridgehead atoms. The number of nitrogens with one attached hydrogen (secondary N) is 1. The van der Waals surface area contributed by atoms with Crippen molar-refractivity contribution in [2.45, 2.75) is 32.1 Å². The minimum atomic E-state index is 0.294. The zero-order valence-corrected chi connectivity index (χ0v) is 14.2. The predicted molar refractivity (Wildman–Crippen MR) is 94.0 cm³/mol. The third-order valence-electron chi connectivity index (χ3n) is 4.49. The third kappa shape index (κ3) is 4.24. The van der Waals surface area contributed by atoms with E-state index < -0.39 is 0 Å². The second-order valence-corrected chi connectivity index (χ2v) is 6.39. The Bertz CT molecular complexity index is 695. The lowest BCUT2D eigenvalue weighted by Crippen LogP contribution is -2.25. The lowest BCUT2D eigenvalue weighted by atomic mass is 10.2. The van der Waals surface area contributed by atoms with Crippen LogP contribution in [-0.4, -0.2) is 26.0 Å². The molecule has 2 aliphatic heterocycles. The van der Waals surface area contributed by atoms with Crippen molar-refractivity contribution >= 4 is 0 Å². The van der Waals surface area contributed by atoms with Crippen LogP contribution < -0.4 is 19.5 Å². The van der Waals surface area contributed by atoms with Crippen molar-refractivity contribution in [3.63, 3.8) is 0 Å². The molecule has 1 fully saturated rings. The Kier molecular flexibility index (Phi) is 5.04. The average molecular weight is 341 g/mol. The van der Waals surface area contributed by atoms with Gasteiger partial charge in [0.15, 0.2) is 11.5 Å². The number of hydrogen-bond acceptors (Lipinski definition) is 5. The summed E-state index contributed by atoms with van der Waals surface area (Å²) in [5.74, 6) is 2.44. The molecule has 0 amide bonds. The largest absolute Gasteiger partial charge is 0.489 e. The van der Waals surface area contributed by atoms with E-state index in [1.54, 1.807) is 0 Å². The van der Waals surface area contributed by atoms with Crippen molar-refractivity contribution in [2.75, 3.05) is 19.9 Å². The van der Waals surface area contributed by atoms with Crippen molar-refractivity contribution < 1.29 is 18.9 Å². The zero-order valence-electron chi connectivity index (χ0n) is 14.2. The molecule has 5 nitrogen and oxygen atoms in total. The Morgan fingerprint density at radius 2 is 1.84 bits per heavy atom. The highest BCUT2D eigenvalue weighted by molar-refractivity contribution is 5.44. The Morgan fingerprint density at radius 3 is 2.68 bits per heavy atom. The molecule has 1 saturated heterocycles. The van der Waals surface area contributed by atoms with Gasteiger partial charge in [0.2, 0.25) is 6.79 Å². The van der Waals surface area contributed by atoms with Crippen LogP contribution in [0.1, 0.15) is 24.0 Å². The van der Waals surface area contributed by atoms with E-state index in [2.05, 4.69) is 17.4 Å². The monoisotopic (exact) mass is 341 g/mol. The van der Waals surface area contributed by atoms with Gasteiger partial charge in [-0.25, -0.2) is 0 Å². The highest BCUT2D eigenvalue weighted by Gasteiger charge is 2.14. The van der Waals surface area contributed by atoms with Crippen molar-refractivity contribution in [1.29, 1.82) is 0 Å². The second kappa shape index (κ2) is 7.76. The summed E-state index contributed by atoms with van der Waals surface area (Å²) in [6, 6.07) is 14.1. The van der Waals surface area contributed by atoms with Gasteiger partial charge < -0.3 is 24.3 Å². The van der Waals surface area contributed by atoms with E-state index in [0.717, 1.165) is 42.5 Å². The van der Waals surface area contributed by atoms with Gasteiger partial charge in [-0.15, -0.1) is 0 Å². The maximum absolute atomic E-state index is 5.86. The summed E-state index contributed by atoms with van der Waals surface area (Å²) >= 11 is 0. The summed E-state index contributed by atoms with van der Waals surface area (Å²) in [5, 5.41) is 3.45. The summed E-state index contributed by atoms with van der Waals surface area (Å²) in [6.07, 6.45) is 2.73. The molecule has 0 saturated carbocycles. The van der Waals surface area contributed by atoms with E-state index in [4.69, 9.17) is 18.9 Å². The van der Waals surface area contributed by atoms with Gasteiger partial charge in [-0.3, -0.25) is 0 Å². The summed E-state index contributed by atoms with van der Waals surface area (Å²) in [5.41, 5.74) is 2.31. The SMILES string of the molecule is c1cc(OCc2ccc3c(c2)OCO3)ccc1CNC[C@H]1CCCO1. The molecule has 0 radical (unpaired) electrons. The van der Waals surface area contributed by atoms with E-state index in [9.17, 15) is 0 Å². The summed E-state index contributed by atoms with van der Waals surface area (Å²) < 4.78 is 22.2. The molecule has 4 rings (SSSR count). The first-order valence-corrected chi connectivity index (χ1v) is 8.79. The van der Waals surface area contributed by atoms with Crippen LogP contribution in [0, 0.1) is 0 Å². The minimum absolute atomic E-state index is 0.294. The van der Waals surface area contributed by atoms with Crippen LogP contribution in [-0.2, 0) is 17.9 Å². The molecular weight excluding hydrogens is 318 g/mol. The molecule has 1 atom stereocenters. The normalized spacial score (nSPS) is 18.5. The van der Waals surface area contributed by atoms with E-state index in [1.807, 2.05) is 30.3 Å². The summed E-state index contributed by atoms with van der Waals surface area (Å²) in [6.45, 7) is 3.47. The van der Waals surface area contributed by atoms with E-state index >= 15 is 0 Å². The summed E-state index contributed by atoms with van der Waals surface area (Å²) in [7, 11) is 0.